The first-order valence-corrected chi connectivity index (χ1v) is 6.80. The van der Waals surface area contributed by atoms with Crippen LogP contribution in [0.15, 0.2) is 24.3 Å². The van der Waals surface area contributed by atoms with E-state index in [4.69, 9.17) is 4.74 Å². The summed E-state index contributed by atoms with van der Waals surface area (Å²) < 4.78 is 5.09. The van der Waals surface area contributed by atoms with E-state index in [9.17, 15) is 14.4 Å². The Labute approximate surface area is 118 Å². The summed E-state index contributed by atoms with van der Waals surface area (Å²) in [5, 5.41) is 0. The molecule has 0 spiro atoms. The zero-order valence-corrected chi connectivity index (χ0v) is 11.8. The molecule has 1 aromatic rings. The van der Waals surface area contributed by atoms with E-state index >= 15 is 0 Å². The lowest BCUT2D eigenvalue weighted by Gasteiger charge is -2.24. The third kappa shape index (κ3) is 2.38. The van der Waals surface area contributed by atoms with E-state index in [1.807, 2.05) is 12.1 Å². The summed E-state index contributed by atoms with van der Waals surface area (Å²) in [6.07, 6.45) is 0.751. The van der Waals surface area contributed by atoms with Crippen molar-refractivity contribution in [2.45, 2.75) is 33.1 Å². The van der Waals surface area contributed by atoms with Crippen molar-refractivity contribution in [3.05, 3.63) is 35.4 Å². The second kappa shape index (κ2) is 5.57. The largest absolute Gasteiger partial charge is 0.465 e. The summed E-state index contributed by atoms with van der Waals surface area (Å²) in [7, 11) is 0. The van der Waals surface area contributed by atoms with E-state index in [0.29, 0.717) is 12.0 Å². The number of ketones is 2. The number of carbonyl (C=O) groups excluding carboxylic acids is 3. The summed E-state index contributed by atoms with van der Waals surface area (Å²) in [6, 6.07) is 7.20. The van der Waals surface area contributed by atoms with Crippen LogP contribution in [-0.4, -0.2) is 24.1 Å². The molecule has 0 unspecified atom stereocenters. The van der Waals surface area contributed by atoms with Gasteiger partial charge < -0.3 is 9.53 Å². The molecule has 1 aliphatic carbocycles. The first kappa shape index (κ1) is 14.4. The monoisotopic (exact) mass is 274 g/mol. The molecule has 0 amide bonds. The van der Waals surface area contributed by atoms with Gasteiger partial charge in [0.1, 0.15) is 11.2 Å². The Morgan fingerprint density at radius 2 is 2.00 bits per heavy atom. The second-order valence-corrected chi connectivity index (χ2v) is 5.17. The van der Waals surface area contributed by atoms with Crippen LogP contribution >= 0.6 is 0 Å². The van der Waals surface area contributed by atoms with Crippen molar-refractivity contribution in [2.75, 3.05) is 6.61 Å². The third-order valence-corrected chi connectivity index (χ3v) is 3.76. The summed E-state index contributed by atoms with van der Waals surface area (Å²) in [6.45, 7) is 3.40. The Morgan fingerprint density at radius 3 is 2.60 bits per heavy atom. The number of carbonyl (C=O) groups is 3. The Bertz CT molecular complexity index is 561. The topological polar surface area (TPSA) is 60.4 Å². The molecule has 0 bridgehead atoms. The van der Waals surface area contributed by atoms with Crippen molar-refractivity contribution in [3.8, 4) is 0 Å². The number of ether oxygens (including phenoxy) is 1. The maximum atomic E-state index is 12.6. The van der Waals surface area contributed by atoms with Gasteiger partial charge in [-0.15, -0.1) is 0 Å². The fourth-order valence-electron chi connectivity index (χ4n) is 2.69. The van der Waals surface area contributed by atoms with Gasteiger partial charge in [0.2, 0.25) is 0 Å². The fraction of sp³-hybridized carbons (Fsp3) is 0.438. The predicted molar refractivity (Wildman–Crippen MR) is 73.5 cm³/mol. The van der Waals surface area contributed by atoms with Gasteiger partial charge in [0.15, 0.2) is 5.78 Å². The van der Waals surface area contributed by atoms with Gasteiger partial charge in [-0.1, -0.05) is 24.3 Å². The molecule has 0 saturated heterocycles. The lowest BCUT2D eigenvalue weighted by Crippen LogP contribution is -2.39. The van der Waals surface area contributed by atoms with Gasteiger partial charge in [-0.3, -0.25) is 9.59 Å². The standard InChI is InChI=1S/C16H18O4/c1-3-20-15(19)16(9-8-11(2)17)10-12-6-4-5-7-13(12)14(16)18/h4-7H,3,8-10H2,1-2H3/t16-/m0/s1. The summed E-state index contributed by atoms with van der Waals surface area (Å²) >= 11 is 0. The number of fused-ring (bicyclic) bond motifs is 1. The Kier molecular flexibility index (Phi) is 4.02. The van der Waals surface area contributed by atoms with Crippen molar-refractivity contribution in [1.82, 2.24) is 0 Å². The summed E-state index contributed by atoms with van der Waals surface area (Å²) in [4.78, 5) is 36.2. The van der Waals surface area contributed by atoms with Gasteiger partial charge in [0.25, 0.3) is 0 Å². The summed E-state index contributed by atoms with van der Waals surface area (Å²) in [5.74, 6) is -0.757. The molecular formula is C16H18O4. The Balaban J connectivity index is 2.37. The average Bonchev–Trinajstić information content (AvgIpc) is 2.71. The minimum Gasteiger partial charge on any atom is -0.465 e. The van der Waals surface area contributed by atoms with Crippen LogP contribution in [-0.2, 0) is 20.7 Å². The lowest BCUT2D eigenvalue weighted by atomic mass is 9.79. The highest BCUT2D eigenvalue weighted by molar-refractivity contribution is 6.16. The first-order chi connectivity index (χ1) is 9.51. The molecule has 0 aromatic heterocycles. The van der Waals surface area contributed by atoms with Gasteiger partial charge in [0.05, 0.1) is 6.61 Å². The zero-order chi connectivity index (χ0) is 14.8. The molecule has 1 atom stereocenters. The number of hydrogen-bond donors (Lipinski definition) is 0. The van der Waals surface area contributed by atoms with Gasteiger partial charge in [-0.2, -0.15) is 0 Å². The highest BCUT2D eigenvalue weighted by atomic mass is 16.5. The maximum absolute atomic E-state index is 12.6. The summed E-state index contributed by atoms with van der Waals surface area (Å²) in [5.41, 5.74) is 0.212. The van der Waals surface area contributed by atoms with Crippen LogP contribution in [0.2, 0.25) is 0 Å². The van der Waals surface area contributed by atoms with Crippen LogP contribution in [0.25, 0.3) is 0 Å². The molecule has 1 aromatic carbocycles. The molecule has 2 rings (SSSR count). The average molecular weight is 274 g/mol. The Hall–Kier alpha value is -1.97. The van der Waals surface area contributed by atoms with Crippen molar-refractivity contribution < 1.29 is 19.1 Å². The van der Waals surface area contributed by atoms with E-state index in [0.717, 1.165) is 5.56 Å². The highest BCUT2D eigenvalue weighted by Gasteiger charge is 2.52. The van der Waals surface area contributed by atoms with Gasteiger partial charge >= 0.3 is 5.97 Å². The van der Waals surface area contributed by atoms with E-state index in [1.165, 1.54) is 6.92 Å². The van der Waals surface area contributed by atoms with Crippen molar-refractivity contribution in [3.63, 3.8) is 0 Å². The van der Waals surface area contributed by atoms with Crippen LogP contribution in [0, 0.1) is 5.41 Å². The predicted octanol–water partition coefficient (Wildman–Crippen LogP) is 2.34. The number of hydrogen-bond acceptors (Lipinski definition) is 4. The minimum atomic E-state index is -1.22. The number of Topliss-reactive ketones (excluding diaryl/α,β-unsaturated/α-hetero) is 2. The van der Waals surface area contributed by atoms with Crippen molar-refractivity contribution in [2.24, 2.45) is 5.41 Å². The van der Waals surface area contributed by atoms with E-state index in [2.05, 4.69) is 0 Å². The van der Waals surface area contributed by atoms with Crippen LogP contribution in [0.3, 0.4) is 0 Å². The molecule has 0 saturated carbocycles. The molecule has 0 aliphatic heterocycles. The van der Waals surface area contributed by atoms with Crippen LogP contribution < -0.4 is 0 Å². The number of benzene rings is 1. The van der Waals surface area contributed by atoms with E-state index < -0.39 is 11.4 Å². The normalized spacial score (nSPS) is 20.6. The molecule has 0 heterocycles. The fourth-order valence-corrected chi connectivity index (χ4v) is 2.69. The van der Waals surface area contributed by atoms with Gasteiger partial charge in [0, 0.05) is 12.0 Å². The third-order valence-electron chi connectivity index (χ3n) is 3.76. The molecule has 0 fully saturated rings. The zero-order valence-electron chi connectivity index (χ0n) is 11.8. The molecule has 106 valence electrons. The first-order valence-electron chi connectivity index (χ1n) is 6.80. The SMILES string of the molecule is CCOC(=O)[C@@]1(CCC(C)=O)Cc2ccccc2C1=O. The highest BCUT2D eigenvalue weighted by Crippen LogP contribution is 2.41. The van der Waals surface area contributed by atoms with Gasteiger partial charge in [-0.05, 0) is 32.3 Å². The maximum Gasteiger partial charge on any atom is 0.320 e. The van der Waals surface area contributed by atoms with Gasteiger partial charge in [-0.25, -0.2) is 0 Å². The quantitative estimate of drug-likeness (QED) is 0.611. The smallest absolute Gasteiger partial charge is 0.320 e. The molecular weight excluding hydrogens is 256 g/mol. The molecule has 0 N–H and O–H groups in total. The van der Waals surface area contributed by atoms with Crippen molar-refractivity contribution in [1.29, 1.82) is 0 Å². The molecule has 20 heavy (non-hydrogen) atoms. The van der Waals surface area contributed by atoms with Crippen molar-refractivity contribution >= 4 is 17.5 Å². The molecule has 1 aliphatic rings. The van der Waals surface area contributed by atoms with Crippen LogP contribution in [0.4, 0.5) is 0 Å². The lowest BCUT2D eigenvalue weighted by molar-refractivity contribution is -0.152. The Morgan fingerprint density at radius 1 is 1.30 bits per heavy atom. The number of esters is 1. The second-order valence-electron chi connectivity index (χ2n) is 5.17. The molecule has 0 radical (unpaired) electrons. The number of rotatable bonds is 5. The van der Waals surface area contributed by atoms with Crippen LogP contribution in [0.5, 0.6) is 0 Å². The molecule has 4 nitrogen and oxygen atoms in total. The van der Waals surface area contributed by atoms with Crippen LogP contribution in [0.1, 0.15) is 42.6 Å². The molecule has 4 heteroatoms. The minimum absolute atomic E-state index is 0.0302. The van der Waals surface area contributed by atoms with E-state index in [-0.39, 0.29) is 31.0 Å². The van der Waals surface area contributed by atoms with E-state index in [1.54, 1.807) is 19.1 Å².